The van der Waals surface area contributed by atoms with Gasteiger partial charge in [0.15, 0.2) is 0 Å². The number of nitrogens with zero attached hydrogens (tertiary/aromatic N) is 2. The topological polar surface area (TPSA) is 86.8 Å². The Kier molecular flexibility index (Phi) is 11.3. The molecule has 0 fully saturated rings. The maximum atomic E-state index is 14.0. The summed E-state index contributed by atoms with van der Waals surface area (Å²) in [5.74, 6) is -0.387. The number of hydrogen-bond acceptors (Lipinski definition) is 4. The molecule has 0 bridgehead atoms. The van der Waals surface area contributed by atoms with Crippen molar-refractivity contribution in [1.82, 2.24) is 10.2 Å². The Labute approximate surface area is 239 Å². The van der Waals surface area contributed by atoms with E-state index in [1.54, 1.807) is 30.3 Å². The molecule has 0 aliphatic heterocycles. The van der Waals surface area contributed by atoms with Gasteiger partial charge in [-0.3, -0.25) is 13.9 Å². The summed E-state index contributed by atoms with van der Waals surface area (Å²) in [4.78, 5) is 28.8. The summed E-state index contributed by atoms with van der Waals surface area (Å²) in [6.07, 6.45) is 1.72. The minimum atomic E-state index is -4.06. The van der Waals surface area contributed by atoms with E-state index in [2.05, 4.69) is 19.2 Å². The van der Waals surface area contributed by atoms with Crippen LogP contribution in [-0.2, 0) is 26.0 Å². The third-order valence-electron chi connectivity index (χ3n) is 6.88. The fraction of sp³-hybridized carbons (Fsp3) is 0.375. The van der Waals surface area contributed by atoms with E-state index >= 15 is 0 Å². The van der Waals surface area contributed by atoms with E-state index < -0.39 is 28.5 Å². The van der Waals surface area contributed by atoms with Crippen LogP contribution in [-0.4, -0.2) is 50.8 Å². The van der Waals surface area contributed by atoms with Gasteiger partial charge < -0.3 is 10.2 Å². The molecular weight excluding hydrogens is 522 g/mol. The maximum absolute atomic E-state index is 14.0. The summed E-state index contributed by atoms with van der Waals surface area (Å²) in [5, 5.41) is 2.91. The smallest absolute Gasteiger partial charge is 0.264 e. The number of anilines is 1. The van der Waals surface area contributed by atoms with E-state index in [1.165, 1.54) is 17.0 Å². The predicted molar refractivity (Wildman–Crippen MR) is 161 cm³/mol. The second-order valence-electron chi connectivity index (χ2n) is 10.1. The minimum absolute atomic E-state index is 0.0966. The number of hydrogen-bond donors (Lipinski definition) is 1. The molecule has 3 aromatic rings. The van der Waals surface area contributed by atoms with E-state index in [0.717, 1.165) is 21.9 Å². The highest BCUT2D eigenvalue weighted by Gasteiger charge is 2.33. The van der Waals surface area contributed by atoms with Crippen molar-refractivity contribution in [3.05, 3.63) is 96.1 Å². The second kappa shape index (κ2) is 14.7. The molecule has 0 unspecified atom stereocenters. The fourth-order valence-corrected chi connectivity index (χ4v) is 5.97. The standard InChI is InChI=1S/C32H41N3O4S/c1-5-22-33-32(37)30(6-2)34(23-21-26-13-9-7-10-14-26)31(36)24-35(28-19-17-27(18-20-28)25(3)4)40(38,39)29-15-11-8-12-16-29/h7-20,25,30H,5-6,21-24H2,1-4H3,(H,33,37)/t30-/m0/s1. The Morgan fingerprint density at radius 3 is 2.00 bits per heavy atom. The van der Waals surface area contributed by atoms with Crippen molar-refractivity contribution in [3.8, 4) is 0 Å². The third kappa shape index (κ3) is 7.94. The van der Waals surface area contributed by atoms with Gasteiger partial charge in [0, 0.05) is 13.1 Å². The van der Waals surface area contributed by atoms with Crippen molar-refractivity contribution in [1.29, 1.82) is 0 Å². The lowest BCUT2D eigenvalue weighted by molar-refractivity contribution is -0.139. The van der Waals surface area contributed by atoms with Gasteiger partial charge in [-0.15, -0.1) is 0 Å². The summed E-state index contributed by atoms with van der Waals surface area (Å²) < 4.78 is 28.9. The summed E-state index contributed by atoms with van der Waals surface area (Å²) in [7, 11) is -4.06. The van der Waals surface area contributed by atoms with Crippen LogP contribution in [0.25, 0.3) is 0 Å². The van der Waals surface area contributed by atoms with Crippen LogP contribution in [0.5, 0.6) is 0 Å². The molecule has 3 aromatic carbocycles. The molecule has 0 saturated heterocycles. The van der Waals surface area contributed by atoms with Crippen LogP contribution in [0.2, 0.25) is 0 Å². The van der Waals surface area contributed by atoms with Gasteiger partial charge in [-0.25, -0.2) is 8.42 Å². The average molecular weight is 564 g/mol. The van der Waals surface area contributed by atoms with E-state index in [1.807, 2.05) is 56.3 Å². The lowest BCUT2D eigenvalue weighted by atomic mass is 10.0. The van der Waals surface area contributed by atoms with Gasteiger partial charge in [0.05, 0.1) is 10.6 Å². The SMILES string of the molecule is CCCNC(=O)[C@H](CC)N(CCc1ccccc1)C(=O)CN(c1ccc(C(C)C)cc1)S(=O)(=O)c1ccccc1. The molecule has 1 N–H and O–H groups in total. The second-order valence-corrected chi connectivity index (χ2v) is 12.0. The van der Waals surface area contributed by atoms with Crippen LogP contribution in [0.1, 0.15) is 57.6 Å². The molecule has 7 nitrogen and oxygen atoms in total. The molecule has 0 aromatic heterocycles. The lowest BCUT2D eigenvalue weighted by Gasteiger charge is -2.33. The number of rotatable bonds is 14. The molecule has 0 radical (unpaired) electrons. The number of benzene rings is 3. The van der Waals surface area contributed by atoms with Crippen LogP contribution >= 0.6 is 0 Å². The Hall–Kier alpha value is -3.65. The number of nitrogens with one attached hydrogen (secondary N) is 1. The van der Waals surface area contributed by atoms with Gasteiger partial charge in [0.2, 0.25) is 11.8 Å². The van der Waals surface area contributed by atoms with Crippen LogP contribution in [0.3, 0.4) is 0 Å². The maximum Gasteiger partial charge on any atom is 0.264 e. The van der Waals surface area contributed by atoms with Crippen LogP contribution < -0.4 is 9.62 Å². The predicted octanol–water partition coefficient (Wildman–Crippen LogP) is 5.38. The first-order valence-electron chi connectivity index (χ1n) is 14.0. The summed E-state index contributed by atoms with van der Waals surface area (Å²) in [6, 6.07) is 24.4. The molecule has 0 spiro atoms. The van der Waals surface area contributed by atoms with Crippen LogP contribution in [0.15, 0.2) is 89.8 Å². The monoisotopic (exact) mass is 563 g/mol. The van der Waals surface area contributed by atoms with E-state index in [9.17, 15) is 18.0 Å². The number of carbonyl (C=O) groups excluding carboxylic acids is 2. The van der Waals surface area contributed by atoms with Crippen molar-refractivity contribution in [2.45, 2.75) is 63.8 Å². The van der Waals surface area contributed by atoms with Gasteiger partial charge in [0.25, 0.3) is 10.0 Å². The molecule has 2 amide bonds. The first-order valence-corrected chi connectivity index (χ1v) is 15.4. The highest BCUT2D eigenvalue weighted by atomic mass is 32.2. The molecule has 0 aliphatic carbocycles. The first-order chi connectivity index (χ1) is 19.2. The lowest BCUT2D eigenvalue weighted by Crippen LogP contribution is -2.53. The summed E-state index contributed by atoms with van der Waals surface area (Å²) in [5.41, 5.74) is 2.49. The number of amides is 2. The van der Waals surface area contributed by atoms with Crippen molar-refractivity contribution in [3.63, 3.8) is 0 Å². The molecule has 0 aliphatic rings. The van der Waals surface area contributed by atoms with Crippen molar-refractivity contribution < 1.29 is 18.0 Å². The number of sulfonamides is 1. The first kappa shape index (κ1) is 30.9. The zero-order chi connectivity index (χ0) is 29.1. The number of carbonyl (C=O) groups is 2. The largest absolute Gasteiger partial charge is 0.354 e. The molecule has 0 heterocycles. The molecule has 8 heteroatoms. The molecule has 0 saturated carbocycles. The minimum Gasteiger partial charge on any atom is -0.354 e. The van der Waals surface area contributed by atoms with Gasteiger partial charge >= 0.3 is 0 Å². The van der Waals surface area contributed by atoms with Gasteiger partial charge in [-0.05, 0) is 60.6 Å². The van der Waals surface area contributed by atoms with Gasteiger partial charge in [0.1, 0.15) is 12.6 Å². The Morgan fingerprint density at radius 1 is 0.850 bits per heavy atom. The summed E-state index contributed by atoms with van der Waals surface area (Å²) >= 11 is 0. The fourth-order valence-electron chi connectivity index (χ4n) is 4.54. The van der Waals surface area contributed by atoms with Crippen molar-refractivity contribution >= 4 is 27.5 Å². The van der Waals surface area contributed by atoms with Crippen molar-refractivity contribution in [2.75, 3.05) is 23.9 Å². The van der Waals surface area contributed by atoms with Gasteiger partial charge in [-0.2, -0.15) is 0 Å². The molecule has 214 valence electrons. The normalized spacial score (nSPS) is 12.1. The van der Waals surface area contributed by atoms with Crippen LogP contribution in [0.4, 0.5) is 5.69 Å². The Balaban J connectivity index is 2.00. The van der Waals surface area contributed by atoms with E-state index in [-0.39, 0.29) is 23.3 Å². The van der Waals surface area contributed by atoms with Crippen molar-refractivity contribution in [2.24, 2.45) is 0 Å². The molecular formula is C32H41N3O4S. The zero-order valence-electron chi connectivity index (χ0n) is 23.9. The summed E-state index contributed by atoms with van der Waals surface area (Å²) in [6.45, 7) is 8.33. The van der Waals surface area contributed by atoms with E-state index in [4.69, 9.17) is 0 Å². The molecule has 1 atom stereocenters. The quantitative estimate of drug-likeness (QED) is 0.285. The Morgan fingerprint density at radius 2 is 1.45 bits per heavy atom. The third-order valence-corrected chi connectivity index (χ3v) is 8.67. The van der Waals surface area contributed by atoms with Crippen LogP contribution in [0, 0.1) is 0 Å². The zero-order valence-corrected chi connectivity index (χ0v) is 24.7. The highest BCUT2D eigenvalue weighted by Crippen LogP contribution is 2.26. The highest BCUT2D eigenvalue weighted by molar-refractivity contribution is 7.92. The van der Waals surface area contributed by atoms with Gasteiger partial charge in [-0.1, -0.05) is 88.4 Å². The molecule has 3 rings (SSSR count). The van der Waals surface area contributed by atoms with E-state index in [0.29, 0.717) is 25.1 Å². The Bertz CT molecular complexity index is 1330. The average Bonchev–Trinajstić information content (AvgIpc) is 2.97. The molecule has 40 heavy (non-hydrogen) atoms.